The number of pyridine rings is 1. The number of aromatic hydroxyl groups is 1. The molecule has 0 fully saturated rings. The summed E-state index contributed by atoms with van der Waals surface area (Å²) in [6, 6.07) is 32.1. The van der Waals surface area contributed by atoms with Crippen molar-refractivity contribution in [1.82, 2.24) is 10.3 Å². The van der Waals surface area contributed by atoms with Crippen LogP contribution in [-0.2, 0) is 11.2 Å². The molecule has 0 aliphatic rings. The lowest BCUT2D eigenvalue weighted by Gasteiger charge is -2.14. The molecule has 0 aliphatic heterocycles. The van der Waals surface area contributed by atoms with Crippen LogP contribution >= 0.6 is 0 Å². The fourth-order valence-corrected chi connectivity index (χ4v) is 4.56. The summed E-state index contributed by atoms with van der Waals surface area (Å²) in [7, 11) is 0. The zero-order chi connectivity index (χ0) is 26.5. The monoisotopic (exact) mass is 500 g/mol. The molecule has 1 atom stereocenters. The fraction of sp³-hybridized carbons (Fsp3) is 0.121. The van der Waals surface area contributed by atoms with Crippen molar-refractivity contribution in [1.29, 1.82) is 0 Å². The molecule has 0 saturated carbocycles. The Hall–Kier alpha value is -4.77. The predicted molar refractivity (Wildman–Crippen MR) is 151 cm³/mol. The summed E-state index contributed by atoms with van der Waals surface area (Å²) >= 11 is 0. The number of nitrogens with zero attached hydrogens (tertiary/aromatic N) is 1. The molecule has 0 saturated heterocycles. The maximum atomic E-state index is 13.0. The Morgan fingerprint density at radius 2 is 1.53 bits per heavy atom. The van der Waals surface area contributed by atoms with Crippen LogP contribution in [0.25, 0.3) is 33.2 Å². The van der Waals surface area contributed by atoms with E-state index in [9.17, 15) is 14.7 Å². The molecule has 5 nitrogen and oxygen atoms in total. The number of phenols is 1. The van der Waals surface area contributed by atoms with E-state index in [1.54, 1.807) is 37.4 Å². The molecule has 188 valence electrons. The molecule has 0 radical (unpaired) electrons. The third-order valence-corrected chi connectivity index (χ3v) is 6.67. The molecule has 5 rings (SSSR count). The van der Waals surface area contributed by atoms with Gasteiger partial charge in [0.25, 0.3) is 5.91 Å². The number of hydrogen-bond acceptors (Lipinski definition) is 4. The SMILES string of the molecule is CC(NC(=O)c1cccc(-c2cc(O)c3ncccc3c2)c1)C(=O)CCc1cccc(-c2ccccc2)c1. The molecule has 1 unspecified atom stereocenters. The van der Waals surface area contributed by atoms with E-state index in [4.69, 9.17) is 0 Å². The van der Waals surface area contributed by atoms with E-state index in [-0.39, 0.29) is 17.4 Å². The first kappa shape index (κ1) is 24.9. The van der Waals surface area contributed by atoms with Gasteiger partial charge in [0.05, 0.1) is 6.04 Å². The normalized spacial score (nSPS) is 11.7. The number of nitrogens with one attached hydrogen (secondary N) is 1. The second kappa shape index (κ2) is 11.1. The minimum absolute atomic E-state index is 0.0217. The smallest absolute Gasteiger partial charge is 0.251 e. The lowest BCUT2D eigenvalue weighted by atomic mass is 9.99. The van der Waals surface area contributed by atoms with E-state index in [2.05, 4.69) is 34.6 Å². The summed E-state index contributed by atoms with van der Waals surface area (Å²) in [4.78, 5) is 30.0. The number of amides is 1. The summed E-state index contributed by atoms with van der Waals surface area (Å²) in [6.07, 6.45) is 2.58. The van der Waals surface area contributed by atoms with Crippen LogP contribution in [0.3, 0.4) is 0 Å². The maximum absolute atomic E-state index is 13.0. The highest BCUT2D eigenvalue weighted by Gasteiger charge is 2.17. The Kier molecular flexibility index (Phi) is 7.27. The molecule has 4 aromatic carbocycles. The number of carbonyl (C=O) groups is 2. The quantitative estimate of drug-likeness (QED) is 0.252. The summed E-state index contributed by atoms with van der Waals surface area (Å²) in [6.45, 7) is 1.72. The van der Waals surface area contributed by atoms with E-state index in [1.165, 1.54) is 0 Å². The highest BCUT2D eigenvalue weighted by Crippen LogP contribution is 2.31. The van der Waals surface area contributed by atoms with Crippen LogP contribution in [0.4, 0.5) is 0 Å². The van der Waals surface area contributed by atoms with Gasteiger partial charge in [0.15, 0.2) is 5.78 Å². The van der Waals surface area contributed by atoms with Crippen LogP contribution in [0.2, 0.25) is 0 Å². The van der Waals surface area contributed by atoms with E-state index in [1.807, 2.05) is 54.6 Å². The first-order valence-electron chi connectivity index (χ1n) is 12.6. The molecule has 5 aromatic rings. The molecule has 1 amide bonds. The molecular formula is C33H28N2O3. The van der Waals surface area contributed by atoms with Gasteiger partial charge in [-0.1, -0.05) is 72.8 Å². The zero-order valence-corrected chi connectivity index (χ0v) is 21.1. The zero-order valence-electron chi connectivity index (χ0n) is 21.1. The molecular weight excluding hydrogens is 472 g/mol. The van der Waals surface area contributed by atoms with E-state index >= 15 is 0 Å². The minimum atomic E-state index is -0.612. The van der Waals surface area contributed by atoms with Gasteiger partial charge < -0.3 is 10.4 Å². The van der Waals surface area contributed by atoms with Crippen molar-refractivity contribution in [2.24, 2.45) is 0 Å². The van der Waals surface area contributed by atoms with Crippen molar-refractivity contribution in [3.05, 3.63) is 120 Å². The number of ketones is 1. The number of carbonyl (C=O) groups excluding carboxylic acids is 2. The number of phenolic OH excluding ortho intramolecular Hbond substituents is 1. The summed E-state index contributed by atoms with van der Waals surface area (Å²) in [5.74, 6) is -0.251. The number of hydrogen-bond donors (Lipinski definition) is 2. The first-order valence-corrected chi connectivity index (χ1v) is 12.6. The van der Waals surface area contributed by atoms with Crippen LogP contribution < -0.4 is 5.32 Å². The molecule has 5 heteroatoms. The number of aromatic nitrogens is 1. The summed E-state index contributed by atoms with van der Waals surface area (Å²) < 4.78 is 0. The average molecular weight is 501 g/mol. The second-order valence-corrected chi connectivity index (χ2v) is 9.38. The number of aryl methyl sites for hydroxylation is 1. The molecule has 0 aliphatic carbocycles. The second-order valence-electron chi connectivity index (χ2n) is 9.38. The van der Waals surface area contributed by atoms with Gasteiger partial charge in [-0.3, -0.25) is 14.6 Å². The van der Waals surface area contributed by atoms with Crippen molar-refractivity contribution in [2.45, 2.75) is 25.8 Å². The van der Waals surface area contributed by atoms with Crippen molar-refractivity contribution in [2.75, 3.05) is 0 Å². The number of rotatable bonds is 8. The summed E-state index contributed by atoms with van der Waals surface area (Å²) in [5.41, 5.74) is 5.88. The Bertz CT molecular complexity index is 1610. The van der Waals surface area contributed by atoms with Gasteiger partial charge in [-0.15, -0.1) is 0 Å². The Labute approximate surface area is 221 Å². The Morgan fingerprint density at radius 1 is 0.789 bits per heavy atom. The van der Waals surface area contributed by atoms with Gasteiger partial charge in [0.2, 0.25) is 0 Å². The highest BCUT2D eigenvalue weighted by molar-refractivity contribution is 5.99. The predicted octanol–water partition coefficient (Wildman–Crippen LogP) is 6.59. The van der Waals surface area contributed by atoms with Crippen LogP contribution in [0.1, 0.15) is 29.3 Å². The average Bonchev–Trinajstić information content (AvgIpc) is 2.96. The molecule has 0 bridgehead atoms. The van der Waals surface area contributed by atoms with Crippen LogP contribution in [0.15, 0.2) is 109 Å². The topological polar surface area (TPSA) is 79.3 Å². The molecule has 1 heterocycles. The van der Waals surface area contributed by atoms with Crippen molar-refractivity contribution in [3.8, 4) is 28.0 Å². The fourth-order valence-electron chi connectivity index (χ4n) is 4.56. The Morgan fingerprint density at radius 3 is 2.34 bits per heavy atom. The van der Waals surface area contributed by atoms with Gasteiger partial charge in [0, 0.05) is 23.6 Å². The van der Waals surface area contributed by atoms with E-state index < -0.39 is 6.04 Å². The standard InChI is InChI=1S/C33H28N2O3/c1-22(30(36)16-15-23-8-5-11-25(18-23)24-9-3-2-4-10-24)35-33(38)28-13-6-12-26(19-28)29-20-27-14-7-17-34-32(27)31(37)21-29/h2-14,17-22,37H,15-16H2,1H3,(H,35,38). The number of benzene rings is 4. The number of Topliss-reactive ketones (excluding diaryl/α,β-unsaturated/α-hetero) is 1. The highest BCUT2D eigenvalue weighted by atomic mass is 16.3. The third kappa shape index (κ3) is 5.62. The summed E-state index contributed by atoms with van der Waals surface area (Å²) in [5, 5.41) is 14.1. The van der Waals surface area contributed by atoms with Crippen molar-refractivity contribution in [3.63, 3.8) is 0 Å². The van der Waals surface area contributed by atoms with Crippen LogP contribution in [-0.4, -0.2) is 27.8 Å². The van der Waals surface area contributed by atoms with Crippen molar-refractivity contribution >= 4 is 22.6 Å². The Balaban J connectivity index is 1.23. The van der Waals surface area contributed by atoms with Gasteiger partial charge in [0.1, 0.15) is 11.3 Å². The maximum Gasteiger partial charge on any atom is 0.251 e. The van der Waals surface area contributed by atoms with Gasteiger partial charge in [-0.05, 0) is 71.5 Å². The van der Waals surface area contributed by atoms with Gasteiger partial charge in [-0.25, -0.2) is 0 Å². The third-order valence-electron chi connectivity index (χ3n) is 6.67. The molecule has 0 spiro atoms. The largest absolute Gasteiger partial charge is 0.506 e. The first-order chi connectivity index (χ1) is 18.5. The van der Waals surface area contributed by atoms with Gasteiger partial charge in [-0.2, -0.15) is 0 Å². The van der Waals surface area contributed by atoms with Gasteiger partial charge >= 0.3 is 0 Å². The molecule has 38 heavy (non-hydrogen) atoms. The van der Waals surface area contributed by atoms with Crippen LogP contribution in [0, 0.1) is 0 Å². The minimum Gasteiger partial charge on any atom is -0.506 e. The number of fused-ring (bicyclic) bond motifs is 1. The lowest BCUT2D eigenvalue weighted by molar-refractivity contribution is -0.120. The van der Waals surface area contributed by atoms with E-state index in [0.29, 0.717) is 23.9 Å². The molecule has 2 N–H and O–H groups in total. The molecule has 1 aromatic heterocycles. The van der Waals surface area contributed by atoms with Crippen LogP contribution in [0.5, 0.6) is 5.75 Å². The van der Waals surface area contributed by atoms with Crippen molar-refractivity contribution < 1.29 is 14.7 Å². The van der Waals surface area contributed by atoms with E-state index in [0.717, 1.165) is 33.2 Å². The lowest BCUT2D eigenvalue weighted by Crippen LogP contribution is -2.38.